The molecule has 1 aliphatic rings. The maximum absolute atomic E-state index is 7.18. The van der Waals surface area contributed by atoms with E-state index >= 15 is 0 Å². The third-order valence-electron chi connectivity index (χ3n) is 9.58. The SMILES string of the molecule is Clc1ccccc1-c1nc2c(nc(-c3ccccc3)n2-c2ccccc2)n1C1(c2ccccc2Cl)N=c2nc(-c3ccccc3)n(-c3ccccc3)c2=N1. The van der Waals surface area contributed by atoms with E-state index < -0.39 is 5.79 Å². The van der Waals surface area contributed by atoms with Crippen LogP contribution < -0.4 is 11.0 Å². The zero-order valence-corrected chi connectivity index (χ0v) is 30.0. The molecule has 1 aliphatic heterocycles. The van der Waals surface area contributed by atoms with Crippen molar-refractivity contribution < 1.29 is 0 Å². The van der Waals surface area contributed by atoms with Gasteiger partial charge >= 0.3 is 0 Å². The molecular weight excluding hydrogens is 711 g/mol. The second-order valence-electron chi connectivity index (χ2n) is 12.8. The van der Waals surface area contributed by atoms with Gasteiger partial charge in [-0.2, -0.15) is 0 Å². The molecule has 0 saturated heterocycles. The minimum atomic E-state index is -1.53. The first-order valence-corrected chi connectivity index (χ1v) is 18.2. The number of hydrogen-bond donors (Lipinski definition) is 0. The van der Waals surface area contributed by atoms with Crippen LogP contribution in [0.4, 0.5) is 0 Å². The summed E-state index contributed by atoms with van der Waals surface area (Å²) < 4.78 is 6.09. The highest BCUT2D eigenvalue weighted by Crippen LogP contribution is 2.43. The molecule has 0 saturated carbocycles. The number of halogens is 2. The number of hydrogen-bond acceptors (Lipinski definition) is 5. The summed E-state index contributed by atoms with van der Waals surface area (Å²) in [4.78, 5) is 27.1. The van der Waals surface area contributed by atoms with Crippen LogP contribution >= 0.6 is 23.2 Å². The smallest absolute Gasteiger partial charge is 0.267 e. The summed E-state index contributed by atoms with van der Waals surface area (Å²) in [6, 6.07) is 55.6. The minimum Gasteiger partial charge on any atom is -0.275 e. The number of rotatable bonds is 7. The first-order valence-electron chi connectivity index (χ1n) is 17.4. The first-order chi connectivity index (χ1) is 26.6. The highest BCUT2D eigenvalue weighted by molar-refractivity contribution is 6.33. The Morgan fingerprint density at radius 3 is 1.54 bits per heavy atom. The number of aromatic nitrogens is 6. The van der Waals surface area contributed by atoms with Crippen molar-refractivity contribution in [2.45, 2.75) is 5.79 Å². The fourth-order valence-electron chi connectivity index (χ4n) is 7.19. The van der Waals surface area contributed by atoms with Crippen molar-refractivity contribution in [3.8, 4) is 45.5 Å². The number of para-hydroxylation sites is 2. The Balaban J connectivity index is 1.37. The maximum atomic E-state index is 7.18. The second kappa shape index (κ2) is 12.8. The molecule has 8 nitrogen and oxygen atoms in total. The molecule has 0 spiro atoms. The summed E-state index contributed by atoms with van der Waals surface area (Å²) >= 11 is 14.2. The van der Waals surface area contributed by atoms with Gasteiger partial charge in [-0.1, -0.05) is 151 Å². The molecule has 3 aromatic heterocycles. The van der Waals surface area contributed by atoms with Gasteiger partial charge in [-0.15, -0.1) is 0 Å². The molecule has 258 valence electrons. The quantitative estimate of drug-likeness (QED) is 0.164. The molecule has 54 heavy (non-hydrogen) atoms. The summed E-state index contributed by atoms with van der Waals surface area (Å²) in [6.07, 6.45) is 0. The van der Waals surface area contributed by atoms with E-state index in [1.807, 2.05) is 179 Å². The molecular formula is C44H28Cl2N8. The highest BCUT2D eigenvalue weighted by atomic mass is 35.5. The Labute approximate surface area is 319 Å². The fraction of sp³-hybridized carbons (Fsp3) is 0.0227. The van der Waals surface area contributed by atoms with Gasteiger partial charge < -0.3 is 0 Å². The van der Waals surface area contributed by atoms with Crippen LogP contribution in [0.25, 0.3) is 56.8 Å². The lowest BCUT2D eigenvalue weighted by molar-refractivity contribution is 0.398. The standard InChI is InChI=1S/C44H28Cl2N8/c45-35-27-15-13-25-33(35)40-49-42-43(48-39(30-19-7-2-8-20-30)53(42)32-23-11-4-12-24-32)54(40)44(34-26-14-16-28-36(34)46)50-37-41(51-44)52(31-21-9-3-10-22-31)38(47-37)29-17-5-1-6-18-29/h1-28H. The Morgan fingerprint density at radius 1 is 0.426 bits per heavy atom. The lowest BCUT2D eigenvalue weighted by Crippen LogP contribution is -2.32. The molecule has 4 heterocycles. The van der Waals surface area contributed by atoms with Crippen LogP contribution in [0.3, 0.4) is 0 Å². The zero-order valence-electron chi connectivity index (χ0n) is 28.5. The fourth-order valence-corrected chi connectivity index (χ4v) is 7.68. The van der Waals surface area contributed by atoms with Crippen LogP contribution in [0.2, 0.25) is 10.0 Å². The van der Waals surface area contributed by atoms with Gasteiger partial charge in [-0.3, -0.25) is 13.7 Å². The molecule has 0 aliphatic carbocycles. The van der Waals surface area contributed by atoms with Crippen molar-refractivity contribution in [1.29, 1.82) is 0 Å². The molecule has 1 unspecified atom stereocenters. The van der Waals surface area contributed by atoms with E-state index in [4.69, 9.17) is 48.1 Å². The monoisotopic (exact) mass is 738 g/mol. The molecule has 10 rings (SSSR count). The van der Waals surface area contributed by atoms with Crippen LogP contribution in [0.15, 0.2) is 180 Å². The summed E-state index contributed by atoms with van der Waals surface area (Å²) in [5, 5.41) is 0.992. The molecule has 0 radical (unpaired) electrons. The lowest BCUT2D eigenvalue weighted by Gasteiger charge is -2.28. The summed E-state index contributed by atoms with van der Waals surface area (Å²) in [6.45, 7) is 0. The van der Waals surface area contributed by atoms with Crippen LogP contribution in [0.1, 0.15) is 5.56 Å². The third-order valence-corrected chi connectivity index (χ3v) is 10.2. The average Bonchev–Trinajstić information content (AvgIpc) is 3.97. The van der Waals surface area contributed by atoms with Crippen molar-refractivity contribution in [2.24, 2.45) is 9.98 Å². The number of fused-ring (bicyclic) bond motifs is 2. The van der Waals surface area contributed by atoms with E-state index in [1.165, 1.54) is 0 Å². The average molecular weight is 740 g/mol. The Hall–Kier alpha value is -6.61. The van der Waals surface area contributed by atoms with E-state index in [1.54, 1.807) is 0 Å². The molecule has 1 atom stereocenters. The van der Waals surface area contributed by atoms with Crippen LogP contribution in [-0.2, 0) is 5.79 Å². The highest BCUT2D eigenvalue weighted by Gasteiger charge is 2.44. The summed E-state index contributed by atoms with van der Waals surface area (Å²) in [5.41, 5.74) is 7.13. The topological polar surface area (TPSA) is 78.2 Å². The predicted molar refractivity (Wildman–Crippen MR) is 213 cm³/mol. The van der Waals surface area contributed by atoms with Crippen molar-refractivity contribution >= 4 is 34.5 Å². The van der Waals surface area contributed by atoms with Crippen LogP contribution in [0.5, 0.6) is 0 Å². The first kappa shape index (κ1) is 32.1. The Morgan fingerprint density at radius 2 is 0.926 bits per heavy atom. The van der Waals surface area contributed by atoms with Crippen molar-refractivity contribution in [2.75, 3.05) is 0 Å². The molecule has 0 amide bonds. The van der Waals surface area contributed by atoms with E-state index in [0.29, 0.717) is 60.9 Å². The number of benzene rings is 6. The number of nitrogens with zero attached hydrogens (tertiary/aromatic N) is 8. The minimum absolute atomic E-state index is 0.454. The molecule has 0 fully saturated rings. The molecule has 10 heteroatoms. The third kappa shape index (κ3) is 5.03. The Kier molecular flexibility index (Phi) is 7.61. The van der Waals surface area contributed by atoms with Gasteiger partial charge in [-0.05, 0) is 42.5 Å². The van der Waals surface area contributed by atoms with Gasteiger partial charge in [0.05, 0.1) is 10.0 Å². The summed E-state index contributed by atoms with van der Waals surface area (Å²) in [7, 11) is 0. The van der Waals surface area contributed by atoms with Crippen LogP contribution in [0, 0.1) is 0 Å². The largest absolute Gasteiger partial charge is 0.275 e. The molecule has 0 N–H and O–H groups in total. The van der Waals surface area contributed by atoms with Crippen molar-refractivity contribution in [3.63, 3.8) is 0 Å². The van der Waals surface area contributed by atoms with E-state index in [0.717, 1.165) is 22.5 Å². The molecule has 0 bridgehead atoms. The Bertz CT molecular complexity index is 2960. The predicted octanol–water partition coefficient (Wildman–Crippen LogP) is 9.33. The normalized spacial score (nSPS) is 14.9. The van der Waals surface area contributed by atoms with E-state index in [2.05, 4.69) is 4.57 Å². The van der Waals surface area contributed by atoms with Gasteiger partial charge in [0.1, 0.15) is 17.5 Å². The van der Waals surface area contributed by atoms with Gasteiger partial charge in [0.25, 0.3) is 5.79 Å². The lowest BCUT2D eigenvalue weighted by atomic mass is 10.1. The van der Waals surface area contributed by atoms with Crippen molar-refractivity contribution in [1.82, 2.24) is 28.7 Å². The summed E-state index contributed by atoms with van der Waals surface area (Å²) in [5.74, 6) is 0.416. The van der Waals surface area contributed by atoms with Crippen LogP contribution in [-0.4, -0.2) is 28.7 Å². The van der Waals surface area contributed by atoms with E-state index in [9.17, 15) is 0 Å². The van der Waals surface area contributed by atoms with Gasteiger partial charge in [-0.25, -0.2) is 24.9 Å². The van der Waals surface area contributed by atoms with Gasteiger partial charge in [0.15, 0.2) is 22.3 Å². The molecule has 6 aromatic carbocycles. The molecule has 9 aromatic rings. The number of imidazole rings is 3. The zero-order chi connectivity index (χ0) is 36.2. The van der Waals surface area contributed by atoms with Crippen molar-refractivity contribution in [3.05, 3.63) is 196 Å². The van der Waals surface area contributed by atoms with E-state index in [-0.39, 0.29) is 0 Å². The van der Waals surface area contributed by atoms with Gasteiger partial charge in [0, 0.05) is 33.6 Å². The maximum Gasteiger partial charge on any atom is 0.267 e. The second-order valence-corrected chi connectivity index (χ2v) is 13.6. The van der Waals surface area contributed by atoms with Gasteiger partial charge in [0.2, 0.25) is 0 Å².